The molecule has 5 rings (SSSR count). The maximum Gasteiger partial charge on any atom is 0.133 e. The molecule has 0 amide bonds. The third-order valence-electron chi connectivity index (χ3n) is 5.16. The number of aromatic amines is 1. The predicted octanol–water partition coefficient (Wildman–Crippen LogP) is 4.40. The number of hydrogen-bond donors (Lipinski definition) is 1. The first kappa shape index (κ1) is 17.9. The monoisotopic (exact) mass is 388 g/mol. The van der Waals surface area contributed by atoms with E-state index in [4.69, 9.17) is 14.5 Å². The van der Waals surface area contributed by atoms with Crippen LogP contribution < -0.4 is 9.64 Å². The number of pyridine rings is 2. The SMILES string of the molecule is CC(C)Oc1cc(N2CCOCC2)nc2c(-c3cc4ccccc4[nH]3)nccc12. The van der Waals surface area contributed by atoms with Gasteiger partial charge in [-0.25, -0.2) is 4.98 Å². The number of nitrogens with one attached hydrogen (secondary N) is 1. The van der Waals surface area contributed by atoms with E-state index in [1.165, 1.54) is 0 Å². The number of fused-ring (bicyclic) bond motifs is 2. The van der Waals surface area contributed by atoms with E-state index in [-0.39, 0.29) is 6.10 Å². The number of benzene rings is 1. The minimum absolute atomic E-state index is 0.0721. The van der Waals surface area contributed by atoms with E-state index in [0.717, 1.165) is 57.9 Å². The van der Waals surface area contributed by atoms with Gasteiger partial charge in [-0.15, -0.1) is 0 Å². The number of hydrogen-bond acceptors (Lipinski definition) is 5. The maximum atomic E-state index is 6.17. The summed E-state index contributed by atoms with van der Waals surface area (Å²) in [4.78, 5) is 15.4. The molecule has 4 aromatic rings. The van der Waals surface area contributed by atoms with Gasteiger partial charge in [0.15, 0.2) is 0 Å². The van der Waals surface area contributed by atoms with Crippen LogP contribution in [0.5, 0.6) is 5.75 Å². The summed E-state index contributed by atoms with van der Waals surface area (Å²) in [6.07, 6.45) is 1.90. The Bertz CT molecular complexity index is 1130. The fourth-order valence-electron chi connectivity index (χ4n) is 3.81. The zero-order valence-corrected chi connectivity index (χ0v) is 16.7. The van der Waals surface area contributed by atoms with Crippen molar-refractivity contribution in [3.05, 3.63) is 48.7 Å². The summed E-state index contributed by atoms with van der Waals surface area (Å²) in [5, 5.41) is 2.13. The van der Waals surface area contributed by atoms with Gasteiger partial charge in [-0.1, -0.05) is 18.2 Å². The van der Waals surface area contributed by atoms with Crippen molar-refractivity contribution in [2.75, 3.05) is 31.2 Å². The Morgan fingerprint density at radius 1 is 1.10 bits per heavy atom. The molecule has 4 heterocycles. The van der Waals surface area contributed by atoms with Crippen molar-refractivity contribution in [2.24, 2.45) is 0 Å². The molecular weight excluding hydrogens is 364 g/mol. The van der Waals surface area contributed by atoms with E-state index in [0.29, 0.717) is 13.2 Å². The topological polar surface area (TPSA) is 63.3 Å². The van der Waals surface area contributed by atoms with Crippen LogP contribution in [-0.2, 0) is 4.74 Å². The highest BCUT2D eigenvalue weighted by Crippen LogP contribution is 2.35. The number of nitrogens with zero attached hydrogens (tertiary/aromatic N) is 3. The summed E-state index contributed by atoms with van der Waals surface area (Å²) in [5.74, 6) is 1.74. The Labute approximate surface area is 169 Å². The lowest BCUT2D eigenvalue weighted by Gasteiger charge is -2.28. The third-order valence-corrected chi connectivity index (χ3v) is 5.16. The summed E-state index contributed by atoms with van der Waals surface area (Å²) in [7, 11) is 0. The van der Waals surface area contributed by atoms with Crippen LogP contribution >= 0.6 is 0 Å². The summed E-state index contributed by atoms with van der Waals surface area (Å²) in [6, 6.07) is 14.4. The van der Waals surface area contributed by atoms with Gasteiger partial charge in [0.2, 0.25) is 0 Å². The highest BCUT2D eigenvalue weighted by molar-refractivity contribution is 5.98. The van der Waals surface area contributed by atoms with Crippen molar-refractivity contribution in [3.63, 3.8) is 0 Å². The van der Waals surface area contributed by atoms with Crippen molar-refractivity contribution >= 4 is 27.6 Å². The number of anilines is 1. The first-order chi connectivity index (χ1) is 14.2. The molecule has 3 aromatic heterocycles. The molecule has 0 saturated carbocycles. The van der Waals surface area contributed by atoms with E-state index >= 15 is 0 Å². The smallest absolute Gasteiger partial charge is 0.133 e. The van der Waals surface area contributed by atoms with Gasteiger partial charge >= 0.3 is 0 Å². The van der Waals surface area contributed by atoms with Gasteiger partial charge in [0.25, 0.3) is 0 Å². The van der Waals surface area contributed by atoms with E-state index in [1.807, 2.05) is 44.3 Å². The second-order valence-electron chi connectivity index (χ2n) is 7.57. The van der Waals surface area contributed by atoms with Crippen LogP contribution in [0.2, 0.25) is 0 Å². The van der Waals surface area contributed by atoms with Gasteiger partial charge in [-0.3, -0.25) is 4.98 Å². The number of H-pyrrole nitrogens is 1. The maximum absolute atomic E-state index is 6.17. The molecule has 1 aliphatic rings. The molecular formula is C23H24N4O2. The molecule has 6 nitrogen and oxygen atoms in total. The molecule has 1 saturated heterocycles. The average Bonchev–Trinajstić information content (AvgIpc) is 3.17. The highest BCUT2D eigenvalue weighted by Gasteiger charge is 2.19. The first-order valence-corrected chi connectivity index (χ1v) is 10.1. The van der Waals surface area contributed by atoms with Crippen LogP contribution in [-0.4, -0.2) is 47.4 Å². The molecule has 0 unspecified atom stereocenters. The number of para-hydroxylation sites is 1. The quantitative estimate of drug-likeness (QED) is 0.561. The minimum atomic E-state index is 0.0721. The standard InChI is InChI=1S/C23H24N4O2/c1-15(2)29-20-14-21(27-9-11-28-12-10-27)26-22-17(20)7-8-24-23(22)19-13-16-5-3-4-6-18(16)25-19/h3-8,13-15,25H,9-12H2,1-2H3. The average molecular weight is 388 g/mol. The van der Waals surface area contributed by atoms with Gasteiger partial charge in [0, 0.05) is 41.6 Å². The number of rotatable bonds is 4. The van der Waals surface area contributed by atoms with Crippen LogP contribution in [0.3, 0.4) is 0 Å². The van der Waals surface area contributed by atoms with Gasteiger partial charge in [-0.05, 0) is 32.0 Å². The van der Waals surface area contributed by atoms with Gasteiger partial charge in [-0.2, -0.15) is 0 Å². The van der Waals surface area contributed by atoms with E-state index in [1.54, 1.807) is 0 Å². The second-order valence-corrected chi connectivity index (χ2v) is 7.57. The molecule has 1 aliphatic heterocycles. The van der Waals surface area contributed by atoms with Crippen molar-refractivity contribution in [2.45, 2.75) is 20.0 Å². The molecule has 6 heteroatoms. The zero-order chi connectivity index (χ0) is 19.8. The molecule has 0 spiro atoms. The molecule has 0 radical (unpaired) electrons. The highest BCUT2D eigenvalue weighted by atomic mass is 16.5. The molecule has 0 aliphatic carbocycles. The van der Waals surface area contributed by atoms with Crippen LogP contribution in [0.1, 0.15) is 13.8 Å². The molecule has 1 N–H and O–H groups in total. The van der Waals surface area contributed by atoms with Gasteiger partial charge in [0.05, 0.1) is 25.0 Å². The lowest BCUT2D eigenvalue weighted by Crippen LogP contribution is -2.36. The Kier molecular flexibility index (Phi) is 4.56. The summed E-state index contributed by atoms with van der Waals surface area (Å²) in [6.45, 7) is 7.15. The van der Waals surface area contributed by atoms with Crippen molar-refractivity contribution < 1.29 is 9.47 Å². The van der Waals surface area contributed by atoms with E-state index in [2.05, 4.69) is 33.1 Å². The zero-order valence-electron chi connectivity index (χ0n) is 16.7. The fourth-order valence-corrected chi connectivity index (χ4v) is 3.81. The van der Waals surface area contributed by atoms with E-state index in [9.17, 15) is 0 Å². The first-order valence-electron chi connectivity index (χ1n) is 10.1. The normalized spacial score (nSPS) is 14.8. The van der Waals surface area contributed by atoms with Crippen LogP contribution in [0.15, 0.2) is 48.7 Å². The van der Waals surface area contributed by atoms with Crippen molar-refractivity contribution in [1.29, 1.82) is 0 Å². The van der Waals surface area contributed by atoms with Crippen LogP contribution in [0.25, 0.3) is 33.2 Å². The van der Waals surface area contributed by atoms with Crippen molar-refractivity contribution in [1.82, 2.24) is 15.0 Å². The second kappa shape index (κ2) is 7.37. The molecule has 1 aromatic carbocycles. The molecule has 0 bridgehead atoms. The molecule has 148 valence electrons. The summed E-state index contributed by atoms with van der Waals surface area (Å²) >= 11 is 0. The Hall–Kier alpha value is -3.12. The Morgan fingerprint density at radius 2 is 1.93 bits per heavy atom. The van der Waals surface area contributed by atoms with Gasteiger partial charge in [0.1, 0.15) is 22.8 Å². The third kappa shape index (κ3) is 3.40. The van der Waals surface area contributed by atoms with Crippen LogP contribution in [0, 0.1) is 0 Å². The van der Waals surface area contributed by atoms with E-state index < -0.39 is 0 Å². The van der Waals surface area contributed by atoms with Crippen LogP contribution in [0.4, 0.5) is 5.82 Å². The predicted molar refractivity (Wildman–Crippen MR) is 116 cm³/mol. The van der Waals surface area contributed by atoms with Gasteiger partial charge < -0.3 is 19.4 Å². The number of aromatic nitrogens is 3. The number of morpholine rings is 1. The molecule has 0 atom stereocenters. The fraction of sp³-hybridized carbons (Fsp3) is 0.304. The van der Waals surface area contributed by atoms with Crippen molar-refractivity contribution in [3.8, 4) is 17.1 Å². The summed E-state index contributed by atoms with van der Waals surface area (Å²) in [5.41, 5.74) is 3.73. The molecule has 29 heavy (non-hydrogen) atoms. The largest absolute Gasteiger partial charge is 0.490 e. The summed E-state index contributed by atoms with van der Waals surface area (Å²) < 4.78 is 11.7. The minimum Gasteiger partial charge on any atom is -0.490 e. The molecule has 1 fully saturated rings. The Balaban J connectivity index is 1.71. The lowest BCUT2D eigenvalue weighted by molar-refractivity contribution is 0.122. The lowest BCUT2D eigenvalue weighted by atomic mass is 10.1. The number of ether oxygens (including phenoxy) is 2. The Morgan fingerprint density at radius 3 is 2.72 bits per heavy atom.